The molecule has 90 valence electrons. The molecule has 0 unspecified atom stereocenters. The second-order valence-corrected chi connectivity index (χ2v) is 5.23. The summed E-state index contributed by atoms with van der Waals surface area (Å²) in [4.78, 5) is 0. The molecule has 0 bridgehead atoms. The van der Waals surface area contributed by atoms with Crippen molar-refractivity contribution in [3.05, 3.63) is 29.8 Å². The van der Waals surface area contributed by atoms with Gasteiger partial charge >= 0.3 is 0 Å². The summed E-state index contributed by atoms with van der Waals surface area (Å²) in [5.74, 6) is 0.417. The first-order valence-electron chi connectivity index (χ1n) is 5.24. The molecule has 1 aromatic carbocycles. The molecule has 1 rings (SSSR count). The van der Waals surface area contributed by atoms with Gasteiger partial charge in [-0.2, -0.15) is 0 Å². The Kier molecular flexibility index (Phi) is 4.76. The molecule has 0 amide bonds. The van der Waals surface area contributed by atoms with Gasteiger partial charge in [-0.15, -0.1) is 0 Å². The fraction of sp³-hybridized carbons (Fsp3) is 0.455. The monoisotopic (exact) mass is 243 g/mol. The predicted octanol–water partition coefficient (Wildman–Crippen LogP) is 1.65. The van der Waals surface area contributed by atoms with Crippen molar-refractivity contribution in [2.45, 2.75) is 25.5 Å². The summed E-state index contributed by atoms with van der Waals surface area (Å²) >= 11 is 0. The summed E-state index contributed by atoms with van der Waals surface area (Å²) in [6, 6.07) is 7.06. The third kappa shape index (κ3) is 4.63. The van der Waals surface area contributed by atoms with Gasteiger partial charge < -0.3 is 4.74 Å². The number of rotatable bonds is 6. The molecule has 0 saturated carbocycles. The summed E-state index contributed by atoms with van der Waals surface area (Å²) in [6.45, 7) is 2.66. The second kappa shape index (κ2) is 5.86. The zero-order chi connectivity index (χ0) is 12.0. The summed E-state index contributed by atoms with van der Waals surface area (Å²) < 4.78 is 27.5. The molecule has 2 N–H and O–H groups in total. The van der Waals surface area contributed by atoms with Crippen molar-refractivity contribution in [3.63, 3.8) is 0 Å². The maximum absolute atomic E-state index is 11.0. The van der Waals surface area contributed by atoms with Crippen molar-refractivity contribution >= 4 is 10.0 Å². The van der Waals surface area contributed by atoms with Crippen LogP contribution in [0.5, 0.6) is 5.75 Å². The third-order valence-electron chi connectivity index (χ3n) is 2.08. The lowest BCUT2D eigenvalue weighted by Gasteiger charge is -2.10. The fourth-order valence-electron chi connectivity index (χ4n) is 1.31. The molecule has 0 spiro atoms. The Morgan fingerprint density at radius 2 is 2.00 bits per heavy atom. The van der Waals surface area contributed by atoms with Crippen LogP contribution in [-0.4, -0.2) is 15.0 Å². The first-order chi connectivity index (χ1) is 7.53. The highest BCUT2D eigenvalue weighted by atomic mass is 32.2. The van der Waals surface area contributed by atoms with E-state index in [1.54, 1.807) is 18.2 Å². The van der Waals surface area contributed by atoms with Gasteiger partial charge in [0.15, 0.2) is 0 Å². The maximum atomic E-state index is 11.0. The van der Waals surface area contributed by atoms with Gasteiger partial charge in [0.05, 0.1) is 12.4 Å². The lowest BCUT2D eigenvalue weighted by Crippen LogP contribution is -2.15. The zero-order valence-electron chi connectivity index (χ0n) is 9.35. The molecule has 0 heterocycles. The highest BCUT2D eigenvalue weighted by Crippen LogP contribution is 2.19. The number of sulfonamides is 1. The van der Waals surface area contributed by atoms with Crippen molar-refractivity contribution in [2.24, 2.45) is 5.14 Å². The molecule has 0 aliphatic carbocycles. The molecule has 4 nitrogen and oxygen atoms in total. The van der Waals surface area contributed by atoms with E-state index in [2.05, 4.69) is 6.92 Å². The summed E-state index contributed by atoms with van der Waals surface area (Å²) in [5, 5.41) is 5.01. The van der Waals surface area contributed by atoms with Crippen molar-refractivity contribution in [3.8, 4) is 5.75 Å². The number of unbranched alkanes of at least 4 members (excludes halogenated alkanes) is 1. The van der Waals surface area contributed by atoms with Crippen LogP contribution in [0.2, 0.25) is 0 Å². The van der Waals surface area contributed by atoms with Crippen LogP contribution >= 0.6 is 0 Å². The average Bonchev–Trinajstić information content (AvgIpc) is 2.19. The summed E-state index contributed by atoms with van der Waals surface area (Å²) in [6.07, 6.45) is 1.99. The Balaban J connectivity index is 2.75. The Labute approximate surface area is 96.5 Å². The van der Waals surface area contributed by atoms with Crippen molar-refractivity contribution in [2.75, 3.05) is 6.61 Å². The zero-order valence-corrected chi connectivity index (χ0v) is 10.2. The minimum atomic E-state index is -3.51. The highest BCUT2D eigenvalue weighted by molar-refractivity contribution is 7.88. The van der Waals surface area contributed by atoms with Crippen LogP contribution in [0.4, 0.5) is 0 Å². The van der Waals surface area contributed by atoms with E-state index in [9.17, 15) is 8.42 Å². The van der Waals surface area contributed by atoms with Gasteiger partial charge in [-0.3, -0.25) is 0 Å². The lowest BCUT2D eigenvalue weighted by molar-refractivity contribution is 0.307. The van der Waals surface area contributed by atoms with Gasteiger partial charge in [0.1, 0.15) is 5.75 Å². The fourth-order valence-corrected chi connectivity index (χ4v) is 1.98. The van der Waals surface area contributed by atoms with Crippen molar-refractivity contribution in [1.82, 2.24) is 0 Å². The smallest absolute Gasteiger partial charge is 0.213 e. The molecule has 0 aliphatic rings. The van der Waals surface area contributed by atoms with Gasteiger partial charge in [0.2, 0.25) is 10.0 Å². The Bertz CT molecular complexity index is 429. The van der Waals surface area contributed by atoms with Gasteiger partial charge in [0, 0.05) is 5.56 Å². The number of para-hydroxylation sites is 1. The number of hydrogen-bond donors (Lipinski definition) is 1. The standard InChI is InChI=1S/C11H17NO3S/c1-2-3-8-15-11-7-5-4-6-10(11)9-16(12,13)14/h4-7H,2-3,8-9H2,1H3,(H2,12,13,14). The normalized spacial score (nSPS) is 11.4. The van der Waals surface area contributed by atoms with Gasteiger partial charge in [-0.25, -0.2) is 13.6 Å². The molecule has 1 aromatic rings. The molecule has 16 heavy (non-hydrogen) atoms. The average molecular weight is 243 g/mol. The van der Waals surface area contributed by atoms with Crippen molar-refractivity contribution < 1.29 is 13.2 Å². The second-order valence-electron chi connectivity index (χ2n) is 3.62. The largest absolute Gasteiger partial charge is 0.493 e. The molecular weight excluding hydrogens is 226 g/mol. The van der Waals surface area contributed by atoms with E-state index in [-0.39, 0.29) is 5.75 Å². The third-order valence-corrected chi connectivity index (χ3v) is 2.80. The van der Waals surface area contributed by atoms with E-state index in [1.165, 1.54) is 0 Å². The summed E-state index contributed by atoms with van der Waals surface area (Å²) in [5.41, 5.74) is 0.612. The van der Waals surface area contributed by atoms with Gasteiger partial charge in [0.25, 0.3) is 0 Å². The molecule has 5 heteroatoms. The van der Waals surface area contributed by atoms with E-state index in [4.69, 9.17) is 9.88 Å². The van der Waals surface area contributed by atoms with Crippen LogP contribution in [0.1, 0.15) is 25.3 Å². The maximum Gasteiger partial charge on any atom is 0.213 e. The van der Waals surface area contributed by atoms with Crippen LogP contribution in [0.3, 0.4) is 0 Å². The molecule has 0 aliphatic heterocycles. The van der Waals surface area contributed by atoms with E-state index in [1.807, 2.05) is 6.07 Å². The Morgan fingerprint density at radius 3 is 2.62 bits per heavy atom. The molecule has 0 radical (unpaired) electrons. The van der Waals surface area contributed by atoms with Crippen LogP contribution in [-0.2, 0) is 15.8 Å². The molecule has 0 atom stereocenters. The Hall–Kier alpha value is -1.07. The predicted molar refractivity (Wildman–Crippen MR) is 63.7 cm³/mol. The first kappa shape index (κ1) is 13.0. The lowest BCUT2D eigenvalue weighted by atomic mass is 10.2. The molecule has 0 saturated heterocycles. The van der Waals surface area contributed by atoms with E-state index in [0.717, 1.165) is 12.8 Å². The quantitative estimate of drug-likeness (QED) is 0.772. The van der Waals surface area contributed by atoms with Crippen molar-refractivity contribution in [1.29, 1.82) is 0 Å². The van der Waals surface area contributed by atoms with E-state index < -0.39 is 10.0 Å². The first-order valence-corrected chi connectivity index (χ1v) is 6.95. The minimum Gasteiger partial charge on any atom is -0.493 e. The van der Waals surface area contributed by atoms with Crippen LogP contribution < -0.4 is 9.88 Å². The molecule has 0 fully saturated rings. The number of ether oxygens (including phenoxy) is 1. The Morgan fingerprint density at radius 1 is 1.31 bits per heavy atom. The molecule has 0 aromatic heterocycles. The van der Waals surface area contributed by atoms with Crippen LogP contribution in [0.15, 0.2) is 24.3 Å². The number of primary sulfonamides is 1. The number of hydrogen-bond acceptors (Lipinski definition) is 3. The van der Waals surface area contributed by atoms with Gasteiger partial charge in [-0.05, 0) is 12.5 Å². The summed E-state index contributed by atoms with van der Waals surface area (Å²) in [7, 11) is -3.51. The van der Waals surface area contributed by atoms with E-state index in [0.29, 0.717) is 17.9 Å². The van der Waals surface area contributed by atoms with Gasteiger partial charge in [-0.1, -0.05) is 31.5 Å². The number of nitrogens with two attached hydrogens (primary N) is 1. The molecular formula is C11H17NO3S. The minimum absolute atomic E-state index is 0.185. The SMILES string of the molecule is CCCCOc1ccccc1CS(N)(=O)=O. The van der Waals surface area contributed by atoms with Crippen LogP contribution in [0, 0.1) is 0 Å². The number of benzene rings is 1. The highest BCUT2D eigenvalue weighted by Gasteiger charge is 2.09. The van der Waals surface area contributed by atoms with Crippen LogP contribution in [0.25, 0.3) is 0 Å². The van der Waals surface area contributed by atoms with E-state index >= 15 is 0 Å². The topological polar surface area (TPSA) is 69.4 Å².